The van der Waals surface area contributed by atoms with Crippen LogP contribution in [-0.2, 0) is 10.5 Å². The average Bonchev–Trinajstić information content (AvgIpc) is 2.56. The number of pyridine rings is 1. The summed E-state index contributed by atoms with van der Waals surface area (Å²) in [5, 5.41) is -0.247. The second-order valence-electron chi connectivity index (χ2n) is 4.81. The molecule has 7 heteroatoms. The topological polar surface area (TPSA) is 39.2 Å². The minimum atomic E-state index is -0.875. The van der Waals surface area contributed by atoms with Gasteiger partial charge in [-0.25, -0.2) is 0 Å². The lowest BCUT2D eigenvalue weighted by Gasteiger charge is -2.15. The summed E-state index contributed by atoms with van der Waals surface area (Å²) < 4.78 is 19.0. The second-order valence-corrected chi connectivity index (χ2v) is 6.55. The quantitative estimate of drug-likeness (QED) is 0.686. The summed E-state index contributed by atoms with van der Waals surface area (Å²) in [5.41, 5.74) is 1.36. The number of benzene rings is 1. The molecule has 0 fully saturated rings. The van der Waals surface area contributed by atoms with Gasteiger partial charge in [0.25, 0.3) is 0 Å². The molecule has 0 N–H and O–H groups in total. The molecule has 1 atom stereocenters. The van der Waals surface area contributed by atoms with Crippen LogP contribution in [0.1, 0.15) is 18.1 Å². The molecule has 23 heavy (non-hydrogen) atoms. The van der Waals surface area contributed by atoms with Gasteiger partial charge < -0.3 is 4.74 Å². The molecule has 2 aromatic rings. The minimum Gasteiger partial charge on any atom is -0.465 e. The summed E-state index contributed by atoms with van der Waals surface area (Å²) in [4.78, 5) is 15.7. The van der Waals surface area contributed by atoms with Crippen molar-refractivity contribution in [2.24, 2.45) is 0 Å². The van der Waals surface area contributed by atoms with Gasteiger partial charge in [0.1, 0.15) is 10.0 Å². The van der Waals surface area contributed by atoms with Gasteiger partial charge >= 0.3 is 0 Å². The molecule has 1 aromatic carbocycles. The highest BCUT2D eigenvalue weighted by atomic mass is 35.5. The van der Waals surface area contributed by atoms with E-state index in [-0.39, 0.29) is 21.0 Å². The van der Waals surface area contributed by atoms with E-state index in [0.717, 1.165) is 17.3 Å². The molecule has 1 heterocycles. The Hall–Kier alpha value is -1.30. The van der Waals surface area contributed by atoms with E-state index in [2.05, 4.69) is 4.98 Å². The van der Waals surface area contributed by atoms with E-state index < -0.39 is 12.1 Å². The number of aromatic nitrogens is 1. The fraction of sp³-hybridized carbons (Fsp3) is 0.250. The molecule has 0 unspecified atom stereocenters. The van der Waals surface area contributed by atoms with Crippen LogP contribution in [-0.4, -0.2) is 16.2 Å². The molecule has 0 aliphatic heterocycles. The number of carbonyl (C=O) groups is 1. The van der Waals surface area contributed by atoms with E-state index in [0.29, 0.717) is 11.3 Å². The third-order valence-corrected chi connectivity index (χ3v) is 5.05. The lowest BCUT2D eigenvalue weighted by Crippen LogP contribution is -2.22. The van der Waals surface area contributed by atoms with Crippen molar-refractivity contribution in [1.29, 1.82) is 0 Å². The molecule has 0 saturated heterocycles. The van der Waals surface area contributed by atoms with E-state index >= 15 is 0 Å². The first-order valence-electron chi connectivity index (χ1n) is 6.78. The summed E-state index contributed by atoms with van der Waals surface area (Å²) in [6.45, 7) is 3.12. The second kappa shape index (κ2) is 7.99. The van der Waals surface area contributed by atoms with Crippen LogP contribution in [0.5, 0.6) is 5.88 Å². The standard InChI is InChI=1S/C16H14Cl2FNO2S/c1-9-12(17)14(19)20-15(13(9)18)22-10(2)16(21)23-8-11-6-4-3-5-7-11/h3-7,10H,8H2,1-2H3/t10-/m1/s1. The van der Waals surface area contributed by atoms with Crippen molar-refractivity contribution in [3.8, 4) is 5.88 Å². The molecule has 0 spiro atoms. The molecule has 0 aliphatic carbocycles. The van der Waals surface area contributed by atoms with Crippen molar-refractivity contribution in [2.45, 2.75) is 25.7 Å². The van der Waals surface area contributed by atoms with E-state index in [1.807, 2.05) is 30.3 Å². The Balaban J connectivity index is 2.01. The Morgan fingerprint density at radius 1 is 1.30 bits per heavy atom. The maximum atomic E-state index is 13.6. The van der Waals surface area contributed by atoms with Gasteiger partial charge in [-0.05, 0) is 25.0 Å². The zero-order valence-electron chi connectivity index (χ0n) is 12.5. The van der Waals surface area contributed by atoms with Crippen LogP contribution in [0.25, 0.3) is 0 Å². The third-order valence-electron chi connectivity index (χ3n) is 3.07. The molecule has 3 nitrogen and oxygen atoms in total. The number of nitrogens with zero attached hydrogens (tertiary/aromatic N) is 1. The first kappa shape index (κ1) is 18.0. The highest BCUT2D eigenvalue weighted by Crippen LogP contribution is 2.33. The summed E-state index contributed by atoms with van der Waals surface area (Å²) in [6.07, 6.45) is -0.811. The monoisotopic (exact) mass is 373 g/mol. The first-order valence-corrected chi connectivity index (χ1v) is 8.52. The highest BCUT2D eigenvalue weighted by molar-refractivity contribution is 8.13. The predicted octanol–water partition coefficient (Wildman–Crippen LogP) is 5.06. The maximum Gasteiger partial charge on any atom is 0.236 e. The Kier molecular flexibility index (Phi) is 6.27. The summed E-state index contributed by atoms with van der Waals surface area (Å²) >= 11 is 12.9. The van der Waals surface area contributed by atoms with Crippen molar-refractivity contribution in [2.75, 3.05) is 0 Å². The third kappa shape index (κ3) is 4.59. The fourth-order valence-corrected chi connectivity index (χ4v) is 2.89. The van der Waals surface area contributed by atoms with Crippen LogP contribution in [0.15, 0.2) is 30.3 Å². The molecule has 0 bridgehead atoms. The van der Waals surface area contributed by atoms with E-state index in [1.54, 1.807) is 13.8 Å². The summed E-state index contributed by atoms with van der Waals surface area (Å²) in [7, 11) is 0. The molecular weight excluding hydrogens is 360 g/mol. The normalized spacial score (nSPS) is 12.0. The first-order chi connectivity index (χ1) is 10.9. The van der Waals surface area contributed by atoms with Crippen LogP contribution in [0.4, 0.5) is 4.39 Å². The number of thioether (sulfide) groups is 1. The predicted molar refractivity (Wildman–Crippen MR) is 91.8 cm³/mol. The van der Waals surface area contributed by atoms with E-state index in [4.69, 9.17) is 27.9 Å². The Morgan fingerprint density at radius 2 is 1.96 bits per heavy atom. The number of ether oxygens (including phenoxy) is 1. The highest BCUT2D eigenvalue weighted by Gasteiger charge is 2.21. The van der Waals surface area contributed by atoms with Crippen molar-refractivity contribution in [1.82, 2.24) is 4.98 Å². The van der Waals surface area contributed by atoms with Gasteiger partial charge in [0.15, 0.2) is 6.10 Å². The van der Waals surface area contributed by atoms with Gasteiger partial charge in [-0.1, -0.05) is 65.3 Å². The number of hydrogen-bond donors (Lipinski definition) is 0. The molecule has 2 rings (SSSR count). The van der Waals surface area contributed by atoms with E-state index in [9.17, 15) is 9.18 Å². The molecule has 0 amide bonds. The Morgan fingerprint density at radius 3 is 2.61 bits per heavy atom. The zero-order valence-corrected chi connectivity index (χ0v) is 14.8. The van der Waals surface area contributed by atoms with Crippen LogP contribution in [0.2, 0.25) is 10.0 Å². The van der Waals surface area contributed by atoms with Crippen LogP contribution < -0.4 is 4.74 Å². The van der Waals surface area contributed by atoms with Gasteiger partial charge in [0.2, 0.25) is 16.9 Å². The molecule has 1 aromatic heterocycles. The summed E-state index contributed by atoms with van der Waals surface area (Å²) in [6, 6.07) is 9.59. The lowest BCUT2D eigenvalue weighted by atomic mass is 10.2. The summed E-state index contributed by atoms with van der Waals surface area (Å²) in [5.74, 6) is -0.477. The van der Waals surface area contributed by atoms with Crippen LogP contribution in [0, 0.1) is 12.9 Å². The minimum absolute atomic E-state index is 0.101. The molecule has 122 valence electrons. The van der Waals surface area contributed by atoms with Crippen molar-refractivity contribution in [3.63, 3.8) is 0 Å². The van der Waals surface area contributed by atoms with Crippen molar-refractivity contribution in [3.05, 3.63) is 57.5 Å². The number of hydrogen-bond acceptors (Lipinski definition) is 4. The number of carbonyl (C=O) groups excluding carboxylic acids is 1. The zero-order chi connectivity index (χ0) is 17.0. The van der Waals surface area contributed by atoms with Gasteiger partial charge in [-0.15, -0.1) is 0 Å². The number of halogens is 3. The molecule has 0 aliphatic rings. The lowest BCUT2D eigenvalue weighted by molar-refractivity contribution is -0.116. The molecule has 0 radical (unpaired) electrons. The van der Waals surface area contributed by atoms with Crippen LogP contribution >= 0.6 is 35.0 Å². The van der Waals surface area contributed by atoms with Crippen LogP contribution in [0.3, 0.4) is 0 Å². The van der Waals surface area contributed by atoms with Gasteiger partial charge in [-0.2, -0.15) is 9.37 Å². The van der Waals surface area contributed by atoms with Crippen molar-refractivity contribution < 1.29 is 13.9 Å². The maximum absolute atomic E-state index is 13.6. The SMILES string of the molecule is Cc1c(Cl)c(F)nc(O[C@H](C)C(=O)SCc2ccccc2)c1Cl. The largest absolute Gasteiger partial charge is 0.465 e. The molecular formula is C16H14Cl2FNO2S. The van der Waals surface area contributed by atoms with Gasteiger partial charge in [0, 0.05) is 5.75 Å². The Bertz CT molecular complexity index is 713. The van der Waals surface area contributed by atoms with Gasteiger partial charge in [-0.3, -0.25) is 4.79 Å². The van der Waals surface area contributed by atoms with Crippen molar-refractivity contribution >= 4 is 40.1 Å². The molecule has 0 saturated carbocycles. The average molecular weight is 374 g/mol. The smallest absolute Gasteiger partial charge is 0.236 e. The van der Waals surface area contributed by atoms with Gasteiger partial charge in [0.05, 0.1) is 0 Å². The Labute approximate surface area is 148 Å². The van der Waals surface area contributed by atoms with E-state index in [1.165, 1.54) is 0 Å². The fourth-order valence-electron chi connectivity index (χ4n) is 1.74. The number of rotatable bonds is 5.